The molecular weight excluding hydrogens is 244 g/mol. The van der Waals surface area contributed by atoms with Gasteiger partial charge in [0.2, 0.25) is 0 Å². The number of hydrogen-bond donors (Lipinski definition) is 0. The molecule has 0 radical (unpaired) electrons. The van der Waals surface area contributed by atoms with Crippen molar-refractivity contribution in [2.45, 2.75) is 64.2 Å². The van der Waals surface area contributed by atoms with Gasteiger partial charge in [0.15, 0.2) is 0 Å². The normalized spacial score (nSPS) is 12.2. The standard InChI is InChI=1S/C18H30Si/c1-4-19(5-2,6-3)17-13-8-7-10-14-18-15-11-9-12-16-18/h7-9,11-12,15-16H,4-6,10,13-14,17H2,1-3H3/b8-7+. The molecule has 0 saturated carbocycles. The molecule has 106 valence electrons. The van der Waals surface area contributed by atoms with Crippen LogP contribution in [0.1, 0.15) is 39.2 Å². The Morgan fingerprint density at radius 2 is 1.42 bits per heavy atom. The van der Waals surface area contributed by atoms with Crippen molar-refractivity contribution in [1.82, 2.24) is 0 Å². The van der Waals surface area contributed by atoms with Crippen LogP contribution in [0.4, 0.5) is 0 Å². The molecule has 0 nitrogen and oxygen atoms in total. The summed E-state index contributed by atoms with van der Waals surface area (Å²) in [6.45, 7) is 7.20. The largest absolute Gasteiger partial charge is 0.0888 e. The van der Waals surface area contributed by atoms with E-state index in [2.05, 4.69) is 63.3 Å². The third kappa shape index (κ3) is 5.77. The molecule has 0 N–H and O–H groups in total. The van der Waals surface area contributed by atoms with Gasteiger partial charge in [-0.3, -0.25) is 0 Å². The molecule has 0 heterocycles. The lowest BCUT2D eigenvalue weighted by Crippen LogP contribution is -2.30. The van der Waals surface area contributed by atoms with E-state index in [-0.39, 0.29) is 0 Å². The molecular formula is C18H30Si. The fraction of sp³-hybridized carbons (Fsp3) is 0.556. The summed E-state index contributed by atoms with van der Waals surface area (Å²) in [5.74, 6) is 0. The highest BCUT2D eigenvalue weighted by Gasteiger charge is 2.24. The predicted octanol–water partition coefficient (Wildman–Crippen LogP) is 6.07. The quantitative estimate of drug-likeness (QED) is 0.378. The minimum atomic E-state index is -0.893. The zero-order valence-corrected chi connectivity index (χ0v) is 14.0. The van der Waals surface area contributed by atoms with Gasteiger partial charge in [-0.2, -0.15) is 0 Å². The summed E-state index contributed by atoms with van der Waals surface area (Å²) in [5.41, 5.74) is 1.45. The molecule has 1 rings (SSSR count). The van der Waals surface area contributed by atoms with Gasteiger partial charge in [-0.15, -0.1) is 0 Å². The van der Waals surface area contributed by atoms with Gasteiger partial charge in [-0.1, -0.05) is 87.4 Å². The Hall–Kier alpha value is -0.823. The van der Waals surface area contributed by atoms with Crippen molar-refractivity contribution in [1.29, 1.82) is 0 Å². The van der Waals surface area contributed by atoms with Gasteiger partial charge < -0.3 is 0 Å². The Balaban J connectivity index is 2.24. The topological polar surface area (TPSA) is 0 Å². The molecule has 1 heteroatoms. The first-order chi connectivity index (χ1) is 9.26. The first-order valence-corrected chi connectivity index (χ1v) is 10.8. The Labute approximate surface area is 121 Å². The zero-order chi connectivity index (χ0) is 14.0. The maximum absolute atomic E-state index is 2.42. The van der Waals surface area contributed by atoms with Crippen LogP contribution in [0.2, 0.25) is 24.2 Å². The van der Waals surface area contributed by atoms with Crippen LogP contribution in [0.25, 0.3) is 0 Å². The Bertz CT molecular complexity index is 341. The fourth-order valence-corrected chi connectivity index (χ4v) is 6.14. The minimum absolute atomic E-state index is 0.893. The molecule has 0 bridgehead atoms. The summed E-state index contributed by atoms with van der Waals surface area (Å²) in [6.07, 6.45) is 8.47. The van der Waals surface area contributed by atoms with Crippen molar-refractivity contribution >= 4 is 8.07 Å². The molecule has 19 heavy (non-hydrogen) atoms. The van der Waals surface area contributed by atoms with E-state index < -0.39 is 8.07 Å². The van der Waals surface area contributed by atoms with Crippen molar-refractivity contribution in [3.8, 4) is 0 Å². The van der Waals surface area contributed by atoms with Crippen LogP contribution in [0.5, 0.6) is 0 Å². The van der Waals surface area contributed by atoms with Gasteiger partial charge in [-0.05, 0) is 24.8 Å². The van der Waals surface area contributed by atoms with E-state index in [4.69, 9.17) is 0 Å². The van der Waals surface area contributed by atoms with E-state index in [1.165, 1.54) is 49.0 Å². The number of allylic oxidation sites excluding steroid dienone is 2. The van der Waals surface area contributed by atoms with Crippen LogP contribution in [-0.4, -0.2) is 8.07 Å². The van der Waals surface area contributed by atoms with Crippen LogP contribution in [0, 0.1) is 0 Å². The summed E-state index contributed by atoms with van der Waals surface area (Å²) >= 11 is 0. The van der Waals surface area contributed by atoms with E-state index in [0.29, 0.717) is 0 Å². The maximum atomic E-state index is 2.42. The van der Waals surface area contributed by atoms with Crippen molar-refractivity contribution in [3.05, 3.63) is 48.0 Å². The fourth-order valence-electron chi connectivity index (χ4n) is 2.80. The first kappa shape index (κ1) is 16.2. The lowest BCUT2D eigenvalue weighted by molar-refractivity contribution is 0.984. The molecule has 0 aliphatic heterocycles. The van der Waals surface area contributed by atoms with Crippen LogP contribution < -0.4 is 0 Å². The molecule has 0 amide bonds. The monoisotopic (exact) mass is 274 g/mol. The SMILES string of the molecule is CC[Si](CC)(CC)CC/C=C/CCc1ccccc1. The second-order valence-electron chi connectivity index (χ2n) is 5.60. The highest BCUT2D eigenvalue weighted by molar-refractivity contribution is 6.79. The van der Waals surface area contributed by atoms with Crippen LogP contribution in [-0.2, 0) is 6.42 Å². The van der Waals surface area contributed by atoms with E-state index in [1.54, 1.807) is 0 Å². The molecule has 0 spiro atoms. The van der Waals surface area contributed by atoms with Gasteiger partial charge in [0, 0.05) is 0 Å². The second kappa shape index (κ2) is 9.14. The zero-order valence-electron chi connectivity index (χ0n) is 13.0. The van der Waals surface area contributed by atoms with Crippen molar-refractivity contribution in [2.24, 2.45) is 0 Å². The van der Waals surface area contributed by atoms with Crippen LogP contribution in [0.15, 0.2) is 42.5 Å². The first-order valence-electron chi connectivity index (χ1n) is 7.95. The molecule has 0 aromatic heterocycles. The summed E-state index contributed by atoms with van der Waals surface area (Å²) < 4.78 is 0. The molecule has 1 aromatic rings. The number of rotatable bonds is 9. The molecule has 1 aromatic carbocycles. The Morgan fingerprint density at radius 3 is 2.00 bits per heavy atom. The predicted molar refractivity (Wildman–Crippen MR) is 90.5 cm³/mol. The lowest BCUT2D eigenvalue weighted by atomic mass is 10.1. The van der Waals surface area contributed by atoms with E-state index in [1.807, 2.05) is 0 Å². The van der Waals surface area contributed by atoms with Gasteiger partial charge >= 0.3 is 0 Å². The summed E-state index contributed by atoms with van der Waals surface area (Å²) in [4.78, 5) is 0. The average molecular weight is 275 g/mol. The molecule has 0 saturated heterocycles. The third-order valence-corrected chi connectivity index (χ3v) is 10.5. The van der Waals surface area contributed by atoms with Gasteiger partial charge in [0.05, 0.1) is 8.07 Å². The molecule has 0 fully saturated rings. The summed E-state index contributed by atoms with van der Waals surface area (Å²) in [5, 5.41) is 0. The smallest absolute Gasteiger partial charge is 0.0530 e. The third-order valence-electron chi connectivity index (χ3n) is 4.70. The van der Waals surface area contributed by atoms with E-state index in [9.17, 15) is 0 Å². The van der Waals surface area contributed by atoms with Crippen molar-refractivity contribution in [3.63, 3.8) is 0 Å². The molecule has 0 unspecified atom stereocenters. The van der Waals surface area contributed by atoms with Crippen LogP contribution in [0.3, 0.4) is 0 Å². The maximum Gasteiger partial charge on any atom is 0.0530 e. The molecule has 0 aliphatic rings. The van der Waals surface area contributed by atoms with E-state index >= 15 is 0 Å². The van der Waals surface area contributed by atoms with Gasteiger partial charge in [0.1, 0.15) is 0 Å². The number of aryl methyl sites for hydroxylation is 1. The average Bonchev–Trinajstić information content (AvgIpc) is 2.48. The highest BCUT2D eigenvalue weighted by Crippen LogP contribution is 2.26. The summed E-state index contributed by atoms with van der Waals surface area (Å²) in [7, 11) is -0.893. The van der Waals surface area contributed by atoms with Crippen molar-refractivity contribution in [2.75, 3.05) is 0 Å². The lowest BCUT2D eigenvalue weighted by Gasteiger charge is -2.27. The van der Waals surface area contributed by atoms with E-state index in [0.717, 1.165) is 0 Å². The van der Waals surface area contributed by atoms with Crippen LogP contribution >= 0.6 is 0 Å². The number of hydrogen-bond acceptors (Lipinski definition) is 0. The molecule has 0 aliphatic carbocycles. The Kier molecular flexibility index (Phi) is 7.81. The van der Waals surface area contributed by atoms with Gasteiger partial charge in [0.25, 0.3) is 0 Å². The molecule has 0 atom stereocenters. The second-order valence-corrected chi connectivity index (χ2v) is 11.2. The Morgan fingerprint density at radius 1 is 0.842 bits per heavy atom. The van der Waals surface area contributed by atoms with Gasteiger partial charge in [-0.25, -0.2) is 0 Å². The minimum Gasteiger partial charge on any atom is -0.0888 e. The highest BCUT2D eigenvalue weighted by atomic mass is 28.3. The number of benzene rings is 1. The summed E-state index contributed by atoms with van der Waals surface area (Å²) in [6, 6.07) is 16.6. The van der Waals surface area contributed by atoms with Crippen molar-refractivity contribution < 1.29 is 0 Å².